The van der Waals surface area contributed by atoms with E-state index in [1.807, 2.05) is 11.8 Å². The van der Waals surface area contributed by atoms with Gasteiger partial charge in [0, 0.05) is 0 Å². The Morgan fingerprint density at radius 3 is 2.90 bits per heavy atom. The third-order valence-electron chi connectivity index (χ3n) is 1.95. The molecule has 0 nitrogen and oxygen atoms in total. The maximum Gasteiger partial charge on any atom is 0.0527 e. The first-order valence-electron chi connectivity index (χ1n) is 3.50. The molecular weight excluding hydrogens is 140 g/mol. The minimum absolute atomic E-state index is 0.653. The normalized spacial score (nSPS) is 29.4. The van der Waals surface area contributed by atoms with Gasteiger partial charge in [-0.3, -0.25) is 0 Å². The van der Waals surface area contributed by atoms with Gasteiger partial charge in [-0.1, -0.05) is 17.7 Å². The molecule has 0 aromatic carbocycles. The van der Waals surface area contributed by atoms with Crippen molar-refractivity contribution in [1.29, 1.82) is 0 Å². The molecule has 2 rings (SSSR count). The minimum Gasteiger partial charge on any atom is -0.121 e. The molecular formula is C9H10S. The lowest BCUT2D eigenvalue weighted by molar-refractivity contribution is 1.30. The smallest absolute Gasteiger partial charge is 0.0527 e. The first-order valence-corrected chi connectivity index (χ1v) is 4.44. The van der Waals surface area contributed by atoms with Crippen molar-refractivity contribution >= 4 is 11.8 Å². The second-order valence-corrected chi connectivity index (χ2v) is 3.88. The van der Waals surface area contributed by atoms with Crippen LogP contribution in [-0.4, -0.2) is 5.25 Å². The maximum atomic E-state index is 2.33. The van der Waals surface area contributed by atoms with Crippen molar-refractivity contribution < 1.29 is 0 Å². The molecule has 0 aromatic rings. The van der Waals surface area contributed by atoms with Crippen LogP contribution in [0.3, 0.4) is 0 Å². The summed E-state index contributed by atoms with van der Waals surface area (Å²) in [4.78, 5) is 0. The van der Waals surface area contributed by atoms with Gasteiger partial charge >= 0.3 is 0 Å². The number of hydrogen-bond acceptors (Lipinski definition) is 1. The monoisotopic (exact) mass is 150 g/mol. The fourth-order valence-corrected chi connectivity index (χ4v) is 2.58. The summed E-state index contributed by atoms with van der Waals surface area (Å²) < 4.78 is 0. The van der Waals surface area contributed by atoms with Crippen molar-refractivity contribution in [2.75, 3.05) is 0 Å². The molecule has 0 radical (unpaired) electrons. The summed E-state index contributed by atoms with van der Waals surface area (Å²) in [7, 11) is 0. The van der Waals surface area contributed by atoms with Gasteiger partial charge in [0.25, 0.3) is 0 Å². The van der Waals surface area contributed by atoms with Crippen LogP contribution in [0.4, 0.5) is 0 Å². The van der Waals surface area contributed by atoms with Crippen molar-refractivity contribution in [3.8, 4) is 0 Å². The molecule has 1 aliphatic heterocycles. The molecule has 10 heavy (non-hydrogen) atoms. The van der Waals surface area contributed by atoms with Gasteiger partial charge in [-0.05, 0) is 30.4 Å². The first kappa shape index (κ1) is 6.29. The van der Waals surface area contributed by atoms with Crippen LogP contribution in [0.15, 0.2) is 34.3 Å². The lowest BCUT2D eigenvalue weighted by atomic mass is 10.1. The van der Waals surface area contributed by atoms with Crippen LogP contribution < -0.4 is 0 Å². The molecule has 0 fully saturated rings. The van der Waals surface area contributed by atoms with E-state index in [9.17, 15) is 0 Å². The SMILES string of the molecule is CC1=CC2SC=C(C)C2=C1. The van der Waals surface area contributed by atoms with Crippen LogP contribution in [0.5, 0.6) is 0 Å². The number of hydrogen-bond donors (Lipinski definition) is 0. The van der Waals surface area contributed by atoms with E-state index >= 15 is 0 Å². The van der Waals surface area contributed by atoms with Gasteiger partial charge in [-0.25, -0.2) is 0 Å². The minimum atomic E-state index is 0.653. The van der Waals surface area contributed by atoms with E-state index in [2.05, 4.69) is 31.4 Å². The highest BCUT2D eigenvalue weighted by Gasteiger charge is 2.22. The lowest BCUT2D eigenvalue weighted by Gasteiger charge is -1.99. The van der Waals surface area contributed by atoms with Gasteiger partial charge in [0.2, 0.25) is 0 Å². The Morgan fingerprint density at radius 1 is 1.40 bits per heavy atom. The molecule has 1 unspecified atom stereocenters. The molecule has 1 heterocycles. The summed E-state index contributed by atoms with van der Waals surface area (Å²) in [6.45, 7) is 4.35. The topological polar surface area (TPSA) is 0 Å². The van der Waals surface area contributed by atoms with Gasteiger partial charge in [-0.2, -0.15) is 0 Å². The Bertz CT molecular complexity index is 256. The summed E-state index contributed by atoms with van der Waals surface area (Å²) in [5.74, 6) is 0. The van der Waals surface area contributed by atoms with Crippen LogP contribution in [-0.2, 0) is 0 Å². The van der Waals surface area contributed by atoms with Crippen molar-refractivity contribution in [2.24, 2.45) is 0 Å². The van der Waals surface area contributed by atoms with E-state index in [0.29, 0.717) is 5.25 Å². The largest absolute Gasteiger partial charge is 0.121 e. The predicted molar refractivity (Wildman–Crippen MR) is 47.0 cm³/mol. The van der Waals surface area contributed by atoms with Gasteiger partial charge in [-0.15, -0.1) is 11.8 Å². The molecule has 0 bridgehead atoms. The fraction of sp³-hybridized carbons (Fsp3) is 0.333. The summed E-state index contributed by atoms with van der Waals surface area (Å²) in [5, 5.41) is 2.90. The zero-order chi connectivity index (χ0) is 7.14. The lowest BCUT2D eigenvalue weighted by Crippen LogP contribution is -1.92. The molecule has 0 saturated heterocycles. The van der Waals surface area contributed by atoms with Gasteiger partial charge < -0.3 is 0 Å². The number of rotatable bonds is 0. The molecule has 0 N–H and O–H groups in total. The highest BCUT2D eigenvalue weighted by molar-refractivity contribution is 8.03. The third kappa shape index (κ3) is 0.772. The Labute approximate surface area is 65.7 Å². The second kappa shape index (κ2) is 2.03. The van der Waals surface area contributed by atoms with Crippen molar-refractivity contribution in [3.05, 3.63) is 34.3 Å². The quantitative estimate of drug-likeness (QED) is 0.511. The fourth-order valence-electron chi connectivity index (χ4n) is 1.40. The Morgan fingerprint density at radius 2 is 2.20 bits per heavy atom. The number of allylic oxidation sites excluding steroid dienone is 3. The van der Waals surface area contributed by atoms with Crippen LogP contribution in [0, 0.1) is 0 Å². The zero-order valence-electron chi connectivity index (χ0n) is 6.22. The zero-order valence-corrected chi connectivity index (χ0v) is 7.03. The van der Waals surface area contributed by atoms with E-state index < -0.39 is 0 Å². The Balaban J connectivity index is 2.38. The number of fused-ring (bicyclic) bond motifs is 1. The second-order valence-electron chi connectivity index (χ2n) is 2.87. The van der Waals surface area contributed by atoms with E-state index in [-0.39, 0.29) is 0 Å². The third-order valence-corrected chi connectivity index (χ3v) is 3.12. The van der Waals surface area contributed by atoms with Gasteiger partial charge in [0.1, 0.15) is 0 Å². The van der Waals surface area contributed by atoms with Crippen molar-refractivity contribution in [3.63, 3.8) is 0 Å². The van der Waals surface area contributed by atoms with E-state index in [1.165, 1.54) is 16.7 Å². The van der Waals surface area contributed by atoms with Crippen LogP contribution in [0.2, 0.25) is 0 Å². The molecule has 2 aliphatic rings. The molecule has 0 aromatic heterocycles. The average molecular weight is 150 g/mol. The van der Waals surface area contributed by atoms with Crippen LogP contribution in [0.1, 0.15) is 13.8 Å². The summed E-state index contributed by atoms with van der Waals surface area (Å²) >= 11 is 1.92. The molecule has 0 amide bonds. The van der Waals surface area contributed by atoms with E-state index in [4.69, 9.17) is 0 Å². The molecule has 1 atom stereocenters. The highest BCUT2D eigenvalue weighted by atomic mass is 32.2. The summed E-state index contributed by atoms with van der Waals surface area (Å²) in [6, 6.07) is 0. The summed E-state index contributed by atoms with van der Waals surface area (Å²) in [5.41, 5.74) is 4.38. The van der Waals surface area contributed by atoms with Crippen molar-refractivity contribution in [1.82, 2.24) is 0 Å². The van der Waals surface area contributed by atoms with Crippen LogP contribution >= 0.6 is 11.8 Å². The van der Waals surface area contributed by atoms with Crippen molar-refractivity contribution in [2.45, 2.75) is 19.1 Å². The Kier molecular flexibility index (Phi) is 1.27. The standard InChI is InChI=1S/C9H10S/c1-6-3-8-7(2)5-10-9(8)4-6/h3-5,9H,1-2H3. The van der Waals surface area contributed by atoms with E-state index in [1.54, 1.807) is 0 Å². The van der Waals surface area contributed by atoms with E-state index in [0.717, 1.165) is 0 Å². The molecule has 52 valence electrons. The first-order chi connectivity index (χ1) is 4.77. The van der Waals surface area contributed by atoms with Crippen LogP contribution in [0.25, 0.3) is 0 Å². The number of thioether (sulfide) groups is 1. The molecule has 1 aliphatic carbocycles. The Hall–Kier alpha value is -0.430. The summed E-state index contributed by atoms with van der Waals surface area (Å²) in [6.07, 6.45) is 4.61. The molecule has 1 heteroatoms. The average Bonchev–Trinajstić information content (AvgIpc) is 2.35. The van der Waals surface area contributed by atoms with Gasteiger partial charge in [0.05, 0.1) is 5.25 Å². The maximum absolute atomic E-state index is 2.33. The van der Waals surface area contributed by atoms with Gasteiger partial charge in [0.15, 0.2) is 0 Å². The highest BCUT2D eigenvalue weighted by Crippen LogP contribution is 2.40. The molecule has 0 spiro atoms. The predicted octanol–water partition coefficient (Wildman–Crippen LogP) is 2.89. The molecule has 0 saturated carbocycles.